The summed E-state index contributed by atoms with van der Waals surface area (Å²) in [4.78, 5) is 22.3. The maximum Gasteiger partial charge on any atom is 0.416 e. The monoisotopic (exact) mass is 237 g/mol. The summed E-state index contributed by atoms with van der Waals surface area (Å²) >= 11 is 0. The van der Waals surface area contributed by atoms with Gasteiger partial charge in [0.15, 0.2) is 0 Å². The molecule has 1 heterocycles. The van der Waals surface area contributed by atoms with Crippen LogP contribution >= 0.6 is 7.60 Å². The second-order valence-corrected chi connectivity index (χ2v) is 5.19. The van der Waals surface area contributed by atoms with Crippen LogP contribution < -0.4 is 0 Å². The smallest absolute Gasteiger partial charge is 0.378 e. The van der Waals surface area contributed by atoms with E-state index in [1.807, 2.05) is 0 Å². The van der Waals surface area contributed by atoms with Crippen molar-refractivity contribution in [2.75, 3.05) is 26.3 Å². The number of carbonyl (C=O) groups excluding carboxylic acids is 1. The van der Waals surface area contributed by atoms with Crippen molar-refractivity contribution in [3.63, 3.8) is 0 Å². The van der Waals surface area contributed by atoms with Gasteiger partial charge in [-0.3, -0.25) is 9.32 Å². The number of hydrogen-bond donors (Lipinski definition) is 1. The highest BCUT2D eigenvalue weighted by Gasteiger charge is 2.36. The Kier molecular flexibility index (Phi) is 4.28. The Morgan fingerprint density at radius 3 is 2.47 bits per heavy atom. The Labute approximate surface area is 88.7 Å². The minimum Gasteiger partial charge on any atom is -0.378 e. The Morgan fingerprint density at radius 2 is 2.00 bits per heavy atom. The summed E-state index contributed by atoms with van der Waals surface area (Å²) in [5, 5.41) is 0. The van der Waals surface area contributed by atoms with E-state index >= 15 is 0 Å². The minimum absolute atomic E-state index is 0.338. The predicted octanol–water partition coefficient (Wildman–Crippen LogP) is 1.05. The molecule has 0 aromatic rings. The third-order valence-electron chi connectivity index (χ3n) is 1.88. The van der Waals surface area contributed by atoms with Crippen LogP contribution in [0.15, 0.2) is 0 Å². The summed E-state index contributed by atoms with van der Waals surface area (Å²) in [6.45, 7) is 4.68. The lowest BCUT2D eigenvalue weighted by molar-refractivity contribution is 0.0566. The molecule has 1 unspecified atom stereocenters. The molecule has 1 aliphatic rings. The molecule has 0 aromatic heterocycles. The van der Waals surface area contributed by atoms with Crippen molar-refractivity contribution in [3.05, 3.63) is 0 Å². The van der Waals surface area contributed by atoms with E-state index < -0.39 is 19.3 Å². The molecule has 1 amide bonds. The van der Waals surface area contributed by atoms with Crippen molar-refractivity contribution in [3.8, 4) is 0 Å². The molecule has 0 saturated carbocycles. The van der Waals surface area contributed by atoms with Crippen LogP contribution in [0.1, 0.15) is 13.8 Å². The van der Waals surface area contributed by atoms with Gasteiger partial charge in [-0.2, -0.15) is 0 Å². The molecule has 1 aliphatic heterocycles. The standard InChI is InChI=1S/C8H16NO5P/c1-7(2)14-15(11,12)8(10)9-3-5-13-6-4-9/h7H,3-6H2,1-2H3,(H,11,12). The van der Waals surface area contributed by atoms with E-state index in [-0.39, 0.29) is 0 Å². The number of morpholine rings is 1. The lowest BCUT2D eigenvalue weighted by Crippen LogP contribution is -2.40. The number of nitrogens with zero attached hydrogens (tertiary/aromatic N) is 1. The Bertz CT molecular complexity index is 274. The van der Waals surface area contributed by atoms with Gasteiger partial charge in [0.2, 0.25) is 0 Å². The number of ether oxygens (including phenoxy) is 1. The largest absolute Gasteiger partial charge is 0.416 e. The molecule has 0 aliphatic carbocycles. The topological polar surface area (TPSA) is 76.1 Å². The van der Waals surface area contributed by atoms with E-state index in [1.54, 1.807) is 13.8 Å². The molecule has 7 heteroatoms. The molecule has 6 nitrogen and oxygen atoms in total. The van der Waals surface area contributed by atoms with Gasteiger partial charge in [-0.25, -0.2) is 4.57 Å². The average Bonchev–Trinajstić information content (AvgIpc) is 2.16. The Balaban J connectivity index is 2.61. The van der Waals surface area contributed by atoms with Crippen LogP contribution in [0.25, 0.3) is 0 Å². The van der Waals surface area contributed by atoms with Gasteiger partial charge in [0.25, 0.3) is 0 Å². The first-order valence-corrected chi connectivity index (χ1v) is 6.39. The molecule has 1 fully saturated rings. The highest BCUT2D eigenvalue weighted by atomic mass is 31.2. The van der Waals surface area contributed by atoms with Gasteiger partial charge in [-0.1, -0.05) is 0 Å². The molecule has 0 radical (unpaired) electrons. The molecule has 1 saturated heterocycles. The zero-order valence-corrected chi connectivity index (χ0v) is 9.77. The van der Waals surface area contributed by atoms with Crippen LogP contribution in [0.3, 0.4) is 0 Å². The molecule has 0 spiro atoms. The summed E-state index contributed by atoms with van der Waals surface area (Å²) in [6.07, 6.45) is -0.453. The Morgan fingerprint density at radius 1 is 1.47 bits per heavy atom. The summed E-state index contributed by atoms with van der Waals surface area (Å²) in [5.74, 6) is 0. The van der Waals surface area contributed by atoms with E-state index in [4.69, 9.17) is 9.26 Å². The van der Waals surface area contributed by atoms with Crippen molar-refractivity contribution in [1.29, 1.82) is 0 Å². The van der Waals surface area contributed by atoms with Crippen molar-refractivity contribution in [2.24, 2.45) is 0 Å². The van der Waals surface area contributed by atoms with E-state index in [0.717, 1.165) is 0 Å². The van der Waals surface area contributed by atoms with Crippen molar-refractivity contribution in [1.82, 2.24) is 4.90 Å². The quantitative estimate of drug-likeness (QED) is 0.742. The van der Waals surface area contributed by atoms with Gasteiger partial charge in [0.05, 0.1) is 19.3 Å². The van der Waals surface area contributed by atoms with Crippen LogP contribution in [-0.4, -0.2) is 47.8 Å². The van der Waals surface area contributed by atoms with Gasteiger partial charge < -0.3 is 14.5 Å². The summed E-state index contributed by atoms with van der Waals surface area (Å²) in [5.41, 5.74) is -0.834. The maximum absolute atomic E-state index is 11.6. The minimum atomic E-state index is -4.18. The predicted molar refractivity (Wildman–Crippen MR) is 53.8 cm³/mol. The van der Waals surface area contributed by atoms with Gasteiger partial charge in [0.1, 0.15) is 0 Å². The molecular formula is C8H16NO5P. The van der Waals surface area contributed by atoms with Crippen molar-refractivity contribution < 1.29 is 23.5 Å². The number of carbonyl (C=O) groups is 1. The van der Waals surface area contributed by atoms with Crippen LogP contribution in [0.4, 0.5) is 4.79 Å². The zero-order chi connectivity index (χ0) is 11.5. The van der Waals surface area contributed by atoms with Gasteiger partial charge in [0, 0.05) is 13.1 Å². The second kappa shape index (κ2) is 5.07. The van der Waals surface area contributed by atoms with Crippen molar-refractivity contribution >= 4 is 13.2 Å². The van der Waals surface area contributed by atoms with Crippen LogP contribution in [0.5, 0.6) is 0 Å². The number of amides is 1. The fourth-order valence-electron chi connectivity index (χ4n) is 1.26. The highest BCUT2D eigenvalue weighted by molar-refractivity contribution is 7.70. The molecule has 1 N–H and O–H groups in total. The fourth-order valence-corrected chi connectivity index (χ4v) is 2.48. The fraction of sp³-hybridized carbons (Fsp3) is 0.875. The summed E-state index contributed by atoms with van der Waals surface area (Å²) < 4.78 is 21.3. The molecule has 0 aromatic carbocycles. The molecular weight excluding hydrogens is 221 g/mol. The summed E-state index contributed by atoms with van der Waals surface area (Å²) in [7, 11) is -4.18. The first-order chi connectivity index (χ1) is 6.93. The lowest BCUT2D eigenvalue weighted by atomic mass is 10.5. The van der Waals surface area contributed by atoms with Crippen LogP contribution in [0.2, 0.25) is 0 Å². The normalized spacial score (nSPS) is 21.5. The lowest BCUT2D eigenvalue weighted by Gasteiger charge is -2.28. The maximum atomic E-state index is 11.6. The first-order valence-electron chi connectivity index (χ1n) is 4.82. The van der Waals surface area contributed by atoms with Crippen LogP contribution in [-0.2, 0) is 13.8 Å². The molecule has 0 bridgehead atoms. The third-order valence-corrected chi connectivity index (χ3v) is 3.35. The van der Waals surface area contributed by atoms with Gasteiger partial charge >= 0.3 is 13.2 Å². The molecule has 15 heavy (non-hydrogen) atoms. The first kappa shape index (κ1) is 12.6. The molecule has 1 rings (SSSR count). The van der Waals surface area contributed by atoms with E-state index in [9.17, 15) is 14.3 Å². The second-order valence-electron chi connectivity index (χ2n) is 3.56. The Hall–Kier alpha value is -0.420. The highest BCUT2D eigenvalue weighted by Crippen LogP contribution is 2.46. The molecule has 1 atom stereocenters. The average molecular weight is 237 g/mol. The van der Waals surface area contributed by atoms with Gasteiger partial charge in [-0.05, 0) is 13.8 Å². The van der Waals surface area contributed by atoms with E-state index in [2.05, 4.69) is 0 Å². The van der Waals surface area contributed by atoms with E-state index in [1.165, 1.54) is 4.90 Å². The summed E-state index contributed by atoms with van der Waals surface area (Å²) in [6, 6.07) is 0. The van der Waals surface area contributed by atoms with Gasteiger partial charge in [-0.15, -0.1) is 0 Å². The third kappa shape index (κ3) is 3.57. The zero-order valence-electron chi connectivity index (χ0n) is 8.88. The molecule has 88 valence electrons. The van der Waals surface area contributed by atoms with E-state index in [0.29, 0.717) is 26.3 Å². The van der Waals surface area contributed by atoms with Crippen LogP contribution in [0, 0.1) is 0 Å². The number of hydrogen-bond acceptors (Lipinski definition) is 4. The SMILES string of the molecule is CC(C)OP(=O)(O)C(=O)N1CCOCC1. The van der Waals surface area contributed by atoms with Crippen molar-refractivity contribution in [2.45, 2.75) is 20.0 Å². The number of rotatable bonds is 3.